The number of hydrogen-bond donors (Lipinski definition) is 1. The predicted molar refractivity (Wildman–Crippen MR) is 110 cm³/mol. The molecule has 0 spiro atoms. The Kier molecular flexibility index (Phi) is 4.66. The number of fused-ring (bicyclic) bond motifs is 1. The lowest BCUT2D eigenvalue weighted by Gasteiger charge is -2.12. The van der Waals surface area contributed by atoms with Crippen LogP contribution in [0.2, 0.25) is 0 Å². The molecule has 2 heterocycles. The van der Waals surface area contributed by atoms with Crippen molar-refractivity contribution in [1.82, 2.24) is 9.78 Å². The molecular formula is C21H21N3O4S. The van der Waals surface area contributed by atoms with E-state index in [9.17, 15) is 13.2 Å². The Morgan fingerprint density at radius 2 is 1.79 bits per heavy atom. The van der Waals surface area contributed by atoms with Crippen LogP contribution in [0, 0.1) is 13.8 Å². The molecule has 0 radical (unpaired) electrons. The van der Waals surface area contributed by atoms with Crippen molar-refractivity contribution >= 4 is 21.6 Å². The molecule has 3 aromatic rings. The number of rotatable bonds is 4. The maximum absolute atomic E-state index is 12.9. The molecule has 8 heteroatoms. The zero-order valence-electron chi connectivity index (χ0n) is 16.4. The van der Waals surface area contributed by atoms with E-state index in [4.69, 9.17) is 4.74 Å². The van der Waals surface area contributed by atoms with E-state index >= 15 is 0 Å². The average molecular weight is 411 g/mol. The van der Waals surface area contributed by atoms with Gasteiger partial charge in [-0.1, -0.05) is 6.07 Å². The molecular weight excluding hydrogens is 390 g/mol. The fourth-order valence-corrected chi connectivity index (χ4v) is 4.84. The fourth-order valence-electron chi connectivity index (χ4n) is 3.34. The smallest absolute Gasteiger partial charge is 0.256 e. The van der Waals surface area contributed by atoms with Crippen molar-refractivity contribution in [1.29, 1.82) is 0 Å². The first-order chi connectivity index (χ1) is 13.8. The summed E-state index contributed by atoms with van der Waals surface area (Å²) >= 11 is 0. The van der Waals surface area contributed by atoms with Gasteiger partial charge in [-0.25, -0.2) is 13.1 Å². The van der Waals surface area contributed by atoms with Crippen molar-refractivity contribution in [3.05, 3.63) is 70.4 Å². The highest BCUT2D eigenvalue weighted by Crippen LogP contribution is 2.33. The molecule has 7 nitrogen and oxygen atoms in total. The second kappa shape index (κ2) is 7.04. The second-order valence-corrected chi connectivity index (χ2v) is 9.23. The van der Waals surface area contributed by atoms with Gasteiger partial charge in [0.1, 0.15) is 11.6 Å². The van der Waals surface area contributed by atoms with Crippen LogP contribution in [-0.4, -0.2) is 31.2 Å². The van der Waals surface area contributed by atoms with Crippen LogP contribution < -0.4 is 10.1 Å². The van der Waals surface area contributed by atoms with Gasteiger partial charge in [-0.2, -0.15) is 5.10 Å². The predicted octanol–water partition coefficient (Wildman–Crippen LogP) is 3.18. The van der Waals surface area contributed by atoms with Crippen molar-refractivity contribution in [3.63, 3.8) is 0 Å². The highest BCUT2D eigenvalue weighted by molar-refractivity contribution is 7.90. The molecule has 0 fully saturated rings. The second-order valence-electron chi connectivity index (χ2n) is 7.17. The van der Waals surface area contributed by atoms with Crippen LogP contribution in [-0.2, 0) is 21.3 Å². The molecule has 2 aromatic carbocycles. The number of carbonyl (C=O) groups excluding carboxylic acids is 1. The van der Waals surface area contributed by atoms with Crippen LogP contribution in [0.3, 0.4) is 0 Å². The normalized spacial score (nSPS) is 14.4. The number of aromatic nitrogens is 2. The van der Waals surface area contributed by atoms with Gasteiger partial charge < -0.3 is 10.1 Å². The Hall–Kier alpha value is -3.13. The Labute approximate surface area is 169 Å². The number of nitrogens with zero attached hydrogens (tertiary/aromatic N) is 2. The van der Waals surface area contributed by atoms with E-state index in [0.717, 1.165) is 11.1 Å². The standard InChI is InChI=1S/C21H21N3O4S/c1-13-4-5-15(10-14(13)2)21(25)22-20-18-11-29(26,27)12-19(18)23-24(20)16-6-8-17(28-3)9-7-16/h4-10H,11-12H2,1-3H3,(H,22,25). The summed E-state index contributed by atoms with van der Waals surface area (Å²) in [6.07, 6.45) is 0. The minimum absolute atomic E-state index is 0.127. The summed E-state index contributed by atoms with van der Waals surface area (Å²) in [6.45, 7) is 3.92. The molecule has 1 aliphatic rings. The lowest BCUT2D eigenvalue weighted by Crippen LogP contribution is -2.17. The lowest BCUT2D eigenvalue weighted by atomic mass is 10.1. The number of hydrogen-bond acceptors (Lipinski definition) is 5. The lowest BCUT2D eigenvalue weighted by molar-refractivity contribution is 0.102. The molecule has 1 N–H and O–H groups in total. The quantitative estimate of drug-likeness (QED) is 0.712. The highest BCUT2D eigenvalue weighted by Gasteiger charge is 2.33. The summed E-state index contributed by atoms with van der Waals surface area (Å²) in [6, 6.07) is 12.6. The number of amides is 1. The average Bonchev–Trinajstić information content (AvgIpc) is 3.16. The van der Waals surface area contributed by atoms with Gasteiger partial charge in [0.05, 0.1) is 30.0 Å². The van der Waals surface area contributed by atoms with Crippen molar-refractivity contribution in [3.8, 4) is 11.4 Å². The van der Waals surface area contributed by atoms with E-state index in [1.807, 2.05) is 26.0 Å². The third-order valence-corrected chi connectivity index (χ3v) is 6.55. The van der Waals surface area contributed by atoms with Gasteiger partial charge in [-0.3, -0.25) is 4.79 Å². The molecule has 0 bridgehead atoms. The molecule has 0 atom stereocenters. The summed E-state index contributed by atoms with van der Waals surface area (Å²) in [5, 5.41) is 7.36. The topological polar surface area (TPSA) is 90.3 Å². The van der Waals surface area contributed by atoms with Crippen LogP contribution in [0.5, 0.6) is 5.75 Å². The third-order valence-electron chi connectivity index (χ3n) is 5.11. The van der Waals surface area contributed by atoms with Crippen LogP contribution in [0.25, 0.3) is 5.69 Å². The molecule has 150 valence electrons. The van der Waals surface area contributed by atoms with Gasteiger partial charge in [-0.15, -0.1) is 0 Å². The summed E-state index contributed by atoms with van der Waals surface area (Å²) in [5.74, 6) is 0.500. The number of anilines is 1. The monoisotopic (exact) mass is 411 g/mol. The van der Waals surface area contributed by atoms with Gasteiger partial charge in [0, 0.05) is 11.1 Å². The third kappa shape index (κ3) is 3.63. The van der Waals surface area contributed by atoms with E-state index in [1.165, 1.54) is 0 Å². The minimum atomic E-state index is -3.25. The van der Waals surface area contributed by atoms with Crippen LogP contribution in [0.1, 0.15) is 32.7 Å². The number of ether oxygens (including phenoxy) is 1. The number of nitrogens with one attached hydrogen (secondary N) is 1. The van der Waals surface area contributed by atoms with Crippen molar-refractivity contribution < 1.29 is 17.9 Å². The number of sulfone groups is 1. The Balaban J connectivity index is 1.76. The van der Waals surface area contributed by atoms with Crippen molar-refractivity contribution in [2.45, 2.75) is 25.4 Å². The number of carbonyl (C=O) groups is 1. The zero-order valence-corrected chi connectivity index (χ0v) is 17.2. The maximum Gasteiger partial charge on any atom is 0.256 e. The Morgan fingerprint density at radius 1 is 1.07 bits per heavy atom. The molecule has 4 rings (SSSR count). The van der Waals surface area contributed by atoms with E-state index in [2.05, 4.69) is 10.4 Å². The maximum atomic E-state index is 12.9. The molecule has 0 unspecified atom stereocenters. The number of benzene rings is 2. The Morgan fingerprint density at radius 3 is 2.45 bits per heavy atom. The molecule has 29 heavy (non-hydrogen) atoms. The minimum Gasteiger partial charge on any atom is -0.497 e. The first-order valence-electron chi connectivity index (χ1n) is 9.11. The summed E-state index contributed by atoms with van der Waals surface area (Å²) in [4.78, 5) is 12.9. The van der Waals surface area contributed by atoms with Crippen LogP contribution in [0.15, 0.2) is 42.5 Å². The fraction of sp³-hybridized carbons (Fsp3) is 0.238. The molecule has 1 amide bonds. The largest absolute Gasteiger partial charge is 0.497 e. The van der Waals surface area contributed by atoms with E-state index < -0.39 is 9.84 Å². The summed E-state index contributed by atoms with van der Waals surface area (Å²) in [7, 11) is -1.67. The first kappa shape index (κ1) is 19.2. The SMILES string of the molecule is COc1ccc(-n2nc3c(c2NC(=O)c2ccc(C)c(C)c2)CS(=O)(=O)C3)cc1. The zero-order chi connectivity index (χ0) is 20.8. The van der Waals surface area contributed by atoms with E-state index in [1.54, 1.807) is 42.1 Å². The molecule has 1 aliphatic heterocycles. The Bertz CT molecular complexity index is 1210. The first-order valence-corrected chi connectivity index (χ1v) is 10.9. The van der Waals surface area contributed by atoms with Crippen LogP contribution >= 0.6 is 0 Å². The van der Waals surface area contributed by atoms with Crippen molar-refractivity contribution in [2.24, 2.45) is 0 Å². The molecule has 0 saturated heterocycles. The summed E-state index contributed by atoms with van der Waals surface area (Å²) in [5.41, 5.74) is 4.32. The van der Waals surface area contributed by atoms with Crippen molar-refractivity contribution in [2.75, 3.05) is 12.4 Å². The van der Waals surface area contributed by atoms with Crippen LogP contribution in [0.4, 0.5) is 5.82 Å². The van der Waals surface area contributed by atoms with Gasteiger partial charge in [-0.05, 0) is 61.4 Å². The number of aryl methyl sites for hydroxylation is 2. The molecule has 1 aromatic heterocycles. The van der Waals surface area contributed by atoms with E-state index in [0.29, 0.717) is 34.1 Å². The number of methoxy groups -OCH3 is 1. The van der Waals surface area contributed by atoms with Gasteiger partial charge in [0.15, 0.2) is 9.84 Å². The summed E-state index contributed by atoms with van der Waals surface area (Å²) < 4.78 is 31.0. The molecule has 0 saturated carbocycles. The molecule has 0 aliphatic carbocycles. The van der Waals surface area contributed by atoms with Gasteiger partial charge in [0.25, 0.3) is 5.91 Å². The van der Waals surface area contributed by atoms with Gasteiger partial charge >= 0.3 is 0 Å². The highest BCUT2D eigenvalue weighted by atomic mass is 32.2. The van der Waals surface area contributed by atoms with Gasteiger partial charge in [0.2, 0.25) is 0 Å². The van der Waals surface area contributed by atoms with E-state index in [-0.39, 0.29) is 17.4 Å².